The number of hydrogen-bond acceptors (Lipinski definition) is 1. The van der Waals surface area contributed by atoms with E-state index in [0.29, 0.717) is 17.9 Å². The van der Waals surface area contributed by atoms with Crippen molar-refractivity contribution in [3.8, 4) is 33.4 Å². The molecule has 0 saturated heterocycles. The minimum Gasteiger partial charge on any atom is -0.338 e. The number of fused-ring (bicyclic) bond motifs is 13. The van der Waals surface area contributed by atoms with Gasteiger partial charge in [-0.15, -0.1) is 0 Å². The minimum absolute atomic E-state index is 0.0135. The van der Waals surface area contributed by atoms with Crippen molar-refractivity contribution in [3.05, 3.63) is 202 Å². The lowest BCUT2D eigenvalue weighted by molar-refractivity contribution is 0.213. The summed E-state index contributed by atoms with van der Waals surface area (Å²) in [6.07, 6.45) is 3.51. The summed E-state index contributed by atoms with van der Waals surface area (Å²) in [5, 5.41) is 0. The van der Waals surface area contributed by atoms with Crippen molar-refractivity contribution >= 4 is 11.4 Å². The molecule has 4 aliphatic carbocycles. The maximum atomic E-state index is 2.80. The van der Waals surface area contributed by atoms with Crippen molar-refractivity contribution in [1.82, 2.24) is 0 Å². The van der Waals surface area contributed by atoms with Gasteiger partial charge in [0.2, 0.25) is 0 Å². The highest BCUT2D eigenvalue weighted by Crippen LogP contribution is 2.66. The molecule has 1 spiro atoms. The number of benzene rings is 7. The van der Waals surface area contributed by atoms with E-state index >= 15 is 0 Å². The molecule has 0 bridgehead atoms. The van der Waals surface area contributed by atoms with Crippen molar-refractivity contribution in [2.45, 2.75) is 108 Å². The molecular weight excluding hydrogens is 735 g/mol. The molecule has 0 amide bonds. The van der Waals surface area contributed by atoms with E-state index in [1.807, 2.05) is 0 Å². The van der Waals surface area contributed by atoms with Crippen molar-refractivity contribution in [2.24, 2.45) is 5.92 Å². The summed E-state index contributed by atoms with van der Waals surface area (Å²) in [6, 6.07) is 61.6. The summed E-state index contributed by atoms with van der Waals surface area (Å²) in [5.41, 5.74) is 21.9. The molecule has 7 aromatic rings. The Bertz CT molecular complexity index is 2780. The molecule has 3 unspecified atom stereocenters. The Morgan fingerprint density at radius 3 is 1.72 bits per heavy atom. The molecule has 1 fully saturated rings. The van der Waals surface area contributed by atoms with Crippen LogP contribution >= 0.6 is 0 Å². The van der Waals surface area contributed by atoms with E-state index in [0.717, 1.165) is 12.8 Å². The summed E-state index contributed by atoms with van der Waals surface area (Å²) in [7, 11) is 0. The first kappa shape index (κ1) is 38.3. The SMILES string of the molecule is CC(C)(C)c1ccc2c(c1)C1(c3cc(C(C)(C)C)ccc3-2)c2ccccc2-c2c(N(c3ccc(-c4ccccc4)cc3)C3CCC4c5ccccc5C(C)(C)C4C3)cccc21. The zero-order valence-electron chi connectivity index (χ0n) is 37.3. The van der Waals surface area contributed by atoms with Crippen molar-refractivity contribution in [1.29, 1.82) is 0 Å². The first-order valence-corrected chi connectivity index (χ1v) is 22.9. The zero-order chi connectivity index (χ0) is 42.1. The molecule has 1 heteroatoms. The van der Waals surface area contributed by atoms with Gasteiger partial charge in [0.25, 0.3) is 0 Å². The van der Waals surface area contributed by atoms with E-state index in [1.54, 1.807) is 11.1 Å². The van der Waals surface area contributed by atoms with Gasteiger partial charge < -0.3 is 4.90 Å². The molecule has 1 saturated carbocycles. The highest BCUT2D eigenvalue weighted by Gasteiger charge is 2.54. The molecule has 0 aliphatic heterocycles. The predicted molar refractivity (Wildman–Crippen MR) is 257 cm³/mol. The van der Waals surface area contributed by atoms with Crippen molar-refractivity contribution < 1.29 is 0 Å². The monoisotopic (exact) mass is 793 g/mol. The van der Waals surface area contributed by atoms with E-state index in [9.17, 15) is 0 Å². The van der Waals surface area contributed by atoms with Gasteiger partial charge in [-0.05, 0) is 138 Å². The van der Waals surface area contributed by atoms with Gasteiger partial charge in [0.1, 0.15) is 0 Å². The van der Waals surface area contributed by atoms with Gasteiger partial charge in [0, 0.05) is 23.0 Å². The maximum Gasteiger partial charge on any atom is 0.0726 e. The third-order valence-electron chi connectivity index (χ3n) is 15.6. The summed E-state index contributed by atoms with van der Waals surface area (Å²) < 4.78 is 0. The lowest BCUT2D eigenvalue weighted by Crippen LogP contribution is -2.41. The maximum absolute atomic E-state index is 2.80. The standard InChI is InChI=1S/C60H59N/c1-57(2,3)40-27-32-46-47-33-28-41(58(4,5)6)36-54(47)60(53(46)35-40)50-22-15-13-20-48(50)56-51(60)23-16-24-55(56)61(42-29-25-39(26-30-42)38-17-10-9-11-18-38)43-31-34-45-44-19-12-14-21-49(44)59(7,8)52(45)37-43/h9-30,32-33,35-36,43,45,52H,31,34,37H2,1-8H3. The molecule has 0 heterocycles. The molecule has 1 nitrogen and oxygen atoms in total. The second-order valence-electron chi connectivity index (χ2n) is 21.3. The van der Waals surface area contributed by atoms with Crippen molar-refractivity contribution in [3.63, 3.8) is 0 Å². The van der Waals surface area contributed by atoms with Crippen LogP contribution in [-0.2, 0) is 21.7 Å². The van der Waals surface area contributed by atoms with E-state index in [1.165, 1.54) is 84.6 Å². The molecule has 3 atom stereocenters. The topological polar surface area (TPSA) is 3.24 Å². The lowest BCUT2D eigenvalue weighted by Gasteiger charge is -2.44. The number of anilines is 2. The normalized spacial score (nSPS) is 20.0. The van der Waals surface area contributed by atoms with Gasteiger partial charge >= 0.3 is 0 Å². The van der Waals surface area contributed by atoms with Gasteiger partial charge in [0.05, 0.1) is 5.41 Å². The quantitative estimate of drug-likeness (QED) is 0.172. The van der Waals surface area contributed by atoms with Crippen LogP contribution in [0.4, 0.5) is 11.4 Å². The smallest absolute Gasteiger partial charge is 0.0726 e. The molecule has 61 heavy (non-hydrogen) atoms. The van der Waals surface area contributed by atoms with Crippen LogP contribution in [0.5, 0.6) is 0 Å². The Hall–Kier alpha value is -5.66. The Kier molecular flexibility index (Phi) is 8.42. The molecule has 4 aliphatic rings. The Morgan fingerprint density at radius 1 is 0.492 bits per heavy atom. The first-order valence-electron chi connectivity index (χ1n) is 22.9. The fourth-order valence-electron chi connectivity index (χ4n) is 12.5. The van der Waals surface area contributed by atoms with Crippen LogP contribution < -0.4 is 4.90 Å². The fourth-order valence-corrected chi connectivity index (χ4v) is 12.5. The summed E-state index contributed by atoms with van der Waals surface area (Å²) >= 11 is 0. The molecule has 7 aromatic carbocycles. The van der Waals surface area contributed by atoms with Crippen LogP contribution in [0.25, 0.3) is 33.4 Å². The predicted octanol–water partition coefficient (Wildman–Crippen LogP) is 15.7. The van der Waals surface area contributed by atoms with E-state index in [4.69, 9.17) is 0 Å². The number of hydrogen-bond donors (Lipinski definition) is 0. The summed E-state index contributed by atoms with van der Waals surface area (Å²) in [5.74, 6) is 1.18. The van der Waals surface area contributed by atoms with Gasteiger partial charge in [0.15, 0.2) is 0 Å². The molecular formula is C60H59N. The average Bonchev–Trinajstić information content (AvgIpc) is 3.82. The fraction of sp³-hybridized carbons (Fsp3) is 0.300. The Morgan fingerprint density at radius 2 is 1.07 bits per heavy atom. The van der Waals surface area contributed by atoms with Crippen LogP contribution in [0, 0.1) is 5.92 Å². The largest absolute Gasteiger partial charge is 0.338 e. The van der Waals surface area contributed by atoms with Crippen LogP contribution in [0.15, 0.2) is 158 Å². The van der Waals surface area contributed by atoms with Crippen molar-refractivity contribution in [2.75, 3.05) is 4.90 Å². The molecule has 304 valence electrons. The van der Waals surface area contributed by atoms with Crippen LogP contribution in [-0.4, -0.2) is 6.04 Å². The second-order valence-corrected chi connectivity index (χ2v) is 21.3. The summed E-state index contributed by atoms with van der Waals surface area (Å²) in [4.78, 5) is 2.80. The zero-order valence-corrected chi connectivity index (χ0v) is 37.3. The van der Waals surface area contributed by atoms with Crippen LogP contribution in [0.3, 0.4) is 0 Å². The second kappa shape index (κ2) is 13.4. The van der Waals surface area contributed by atoms with Gasteiger partial charge in [-0.25, -0.2) is 0 Å². The number of rotatable bonds is 4. The van der Waals surface area contributed by atoms with Crippen LogP contribution in [0.2, 0.25) is 0 Å². The minimum atomic E-state index is -0.440. The molecule has 11 rings (SSSR count). The Balaban J connectivity index is 1.15. The van der Waals surface area contributed by atoms with Crippen LogP contribution in [0.1, 0.15) is 125 Å². The first-order chi connectivity index (χ1) is 29.3. The molecule has 0 aromatic heterocycles. The van der Waals surface area contributed by atoms with Gasteiger partial charge in [-0.3, -0.25) is 0 Å². The van der Waals surface area contributed by atoms with E-state index in [-0.39, 0.29) is 16.2 Å². The third-order valence-corrected chi connectivity index (χ3v) is 15.6. The third kappa shape index (κ3) is 5.58. The number of nitrogens with zero attached hydrogens (tertiary/aromatic N) is 1. The van der Waals surface area contributed by atoms with Gasteiger partial charge in [-0.1, -0.05) is 195 Å². The highest BCUT2D eigenvalue weighted by atomic mass is 15.2. The van der Waals surface area contributed by atoms with E-state index in [2.05, 4.69) is 218 Å². The molecule has 0 N–H and O–H groups in total. The van der Waals surface area contributed by atoms with E-state index < -0.39 is 5.41 Å². The average molecular weight is 794 g/mol. The molecule has 0 radical (unpaired) electrons. The lowest BCUT2D eigenvalue weighted by atomic mass is 9.67. The Labute approximate surface area is 364 Å². The highest BCUT2D eigenvalue weighted by molar-refractivity contribution is 6.00. The summed E-state index contributed by atoms with van der Waals surface area (Å²) in [6.45, 7) is 19.2. The van der Waals surface area contributed by atoms with Gasteiger partial charge in [-0.2, -0.15) is 0 Å².